The summed E-state index contributed by atoms with van der Waals surface area (Å²) in [5.74, 6) is 0.205. The van der Waals surface area contributed by atoms with E-state index in [4.69, 9.17) is 5.73 Å². The zero-order valence-electron chi connectivity index (χ0n) is 9.91. The molecule has 3 rings (SSSR count). The third-order valence-corrected chi connectivity index (χ3v) is 2.81. The molecule has 2 aromatic heterocycles. The largest absolute Gasteiger partial charge is 0.368 e. The van der Waals surface area contributed by atoms with Crippen molar-refractivity contribution in [3.8, 4) is 17.2 Å². The molecule has 0 aliphatic rings. The monoisotopic (exact) mass is 247 g/mol. The maximum Gasteiger partial charge on any atom is 0.219 e. The summed E-state index contributed by atoms with van der Waals surface area (Å²) in [6.45, 7) is 0. The molecule has 0 spiro atoms. The summed E-state index contributed by atoms with van der Waals surface area (Å²) in [6.07, 6.45) is 3.18. The van der Waals surface area contributed by atoms with Crippen molar-refractivity contribution in [3.05, 3.63) is 48.4 Å². The quantitative estimate of drug-likeness (QED) is 0.711. The zero-order chi connectivity index (χ0) is 13.2. The number of hydrogen-bond acceptors (Lipinski definition) is 5. The van der Waals surface area contributed by atoms with Crippen molar-refractivity contribution in [2.24, 2.45) is 0 Å². The molecule has 0 fully saturated rings. The van der Waals surface area contributed by atoms with E-state index in [0.717, 1.165) is 16.5 Å². The van der Waals surface area contributed by atoms with E-state index in [2.05, 4.69) is 21.0 Å². The Bertz CT molecular complexity index is 787. The summed E-state index contributed by atoms with van der Waals surface area (Å²) >= 11 is 0. The van der Waals surface area contributed by atoms with Gasteiger partial charge in [0.25, 0.3) is 0 Å². The van der Waals surface area contributed by atoms with E-state index < -0.39 is 0 Å². The van der Waals surface area contributed by atoms with E-state index in [-0.39, 0.29) is 5.95 Å². The van der Waals surface area contributed by atoms with Crippen LogP contribution in [0.25, 0.3) is 22.0 Å². The van der Waals surface area contributed by atoms with E-state index in [1.54, 1.807) is 12.4 Å². The highest BCUT2D eigenvalue weighted by Crippen LogP contribution is 2.25. The molecule has 0 aliphatic carbocycles. The van der Waals surface area contributed by atoms with E-state index in [1.165, 1.54) is 0 Å². The molecule has 0 bridgehead atoms. The maximum atomic E-state index is 9.22. The smallest absolute Gasteiger partial charge is 0.219 e. The molecule has 0 saturated carbocycles. The average Bonchev–Trinajstić information content (AvgIpc) is 2.46. The van der Waals surface area contributed by atoms with Crippen LogP contribution in [-0.2, 0) is 0 Å². The minimum Gasteiger partial charge on any atom is -0.368 e. The van der Waals surface area contributed by atoms with Crippen LogP contribution in [0.3, 0.4) is 0 Å². The van der Waals surface area contributed by atoms with Crippen LogP contribution in [0.2, 0.25) is 0 Å². The third kappa shape index (κ3) is 1.96. The van der Waals surface area contributed by atoms with Gasteiger partial charge >= 0.3 is 0 Å². The van der Waals surface area contributed by atoms with Gasteiger partial charge in [-0.1, -0.05) is 18.2 Å². The molecule has 19 heavy (non-hydrogen) atoms. The summed E-state index contributed by atoms with van der Waals surface area (Å²) in [5.41, 5.74) is 8.04. The Hall–Kier alpha value is -3.00. The second-order valence-electron chi connectivity index (χ2n) is 4.02. The minimum atomic E-state index is 0.205. The van der Waals surface area contributed by atoms with Crippen LogP contribution < -0.4 is 5.73 Å². The number of nitriles is 1. The van der Waals surface area contributed by atoms with Crippen molar-refractivity contribution in [2.75, 3.05) is 5.73 Å². The second kappa shape index (κ2) is 4.35. The lowest BCUT2D eigenvalue weighted by Crippen LogP contribution is -1.96. The average molecular weight is 247 g/mol. The number of pyridine rings is 1. The first-order valence-electron chi connectivity index (χ1n) is 5.66. The van der Waals surface area contributed by atoms with Gasteiger partial charge in [-0.3, -0.25) is 0 Å². The predicted octanol–water partition coefficient (Wildman–Crippen LogP) is 2.15. The first-order chi connectivity index (χ1) is 9.28. The molecule has 0 saturated heterocycles. The first-order valence-corrected chi connectivity index (χ1v) is 5.66. The Labute approximate surface area is 109 Å². The number of rotatable bonds is 1. The summed E-state index contributed by atoms with van der Waals surface area (Å²) in [4.78, 5) is 12.2. The highest BCUT2D eigenvalue weighted by atomic mass is 15.0. The molecule has 3 aromatic rings. The van der Waals surface area contributed by atoms with Crippen LogP contribution >= 0.6 is 0 Å². The summed E-state index contributed by atoms with van der Waals surface area (Å²) < 4.78 is 0. The Kier molecular flexibility index (Phi) is 2.54. The summed E-state index contributed by atoms with van der Waals surface area (Å²) in [5, 5.41) is 10.2. The Morgan fingerprint density at radius 2 is 1.84 bits per heavy atom. The molecule has 0 unspecified atom stereocenters. The number of para-hydroxylation sites is 1. The molecule has 5 nitrogen and oxygen atoms in total. The van der Waals surface area contributed by atoms with E-state index in [0.29, 0.717) is 11.3 Å². The molecular formula is C14H9N5. The fraction of sp³-hybridized carbons (Fsp3) is 0. The van der Waals surface area contributed by atoms with Crippen LogP contribution in [0.4, 0.5) is 5.95 Å². The van der Waals surface area contributed by atoms with Gasteiger partial charge in [-0.15, -0.1) is 0 Å². The number of aromatic nitrogens is 3. The molecule has 0 atom stereocenters. The van der Waals surface area contributed by atoms with Gasteiger partial charge in [0.15, 0.2) is 0 Å². The number of benzene rings is 1. The highest BCUT2D eigenvalue weighted by Gasteiger charge is 2.09. The molecule has 0 amide bonds. The first kappa shape index (κ1) is 11.1. The number of hydrogen-bond donors (Lipinski definition) is 1. The van der Waals surface area contributed by atoms with Gasteiger partial charge in [0, 0.05) is 28.9 Å². The van der Waals surface area contributed by atoms with Gasteiger partial charge in [-0.05, 0) is 12.1 Å². The molecule has 1 aromatic carbocycles. The lowest BCUT2D eigenvalue weighted by Gasteiger charge is -2.05. The Morgan fingerprint density at radius 1 is 1.11 bits per heavy atom. The van der Waals surface area contributed by atoms with Crippen molar-refractivity contribution >= 4 is 16.9 Å². The highest BCUT2D eigenvalue weighted by molar-refractivity contribution is 5.85. The minimum absolute atomic E-state index is 0.205. The fourth-order valence-corrected chi connectivity index (χ4v) is 1.90. The number of nitrogens with zero attached hydrogens (tertiary/aromatic N) is 4. The van der Waals surface area contributed by atoms with Crippen molar-refractivity contribution in [1.82, 2.24) is 15.0 Å². The number of nitrogens with two attached hydrogens (primary N) is 1. The number of fused-ring (bicyclic) bond motifs is 1. The van der Waals surface area contributed by atoms with Gasteiger partial charge < -0.3 is 5.73 Å². The third-order valence-electron chi connectivity index (χ3n) is 2.81. The topological polar surface area (TPSA) is 88.5 Å². The molecule has 90 valence electrons. The Balaban J connectivity index is 2.27. The SMILES string of the molecule is N#Cc1nc2ccccc2cc1-c1cnc(N)nc1. The lowest BCUT2D eigenvalue weighted by atomic mass is 10.0. The van der Waals surface area contributed by atoms with Crippen LogP contribution in [0.1, 0.15) is 5.69 Å². The molecule has 0 radical (unpaired) electrons. The molecule has 0 aliphatic heterocycles. The molecule has 2 heterocycles. The Morgan fingerprint density at radius 3 is 2.58 bits per heavy atom. The van der Waals surface area contributed by atoms with E-state index in [9.17, 15) is 5.26 Å². The number of nitrogen functional groups attached to an aromatic ring is 1. The predicted molar refractivity (Wildman–Crippen MR) is 71.9 cm³/mol. The molecule has 5 heteroatoms. The summed E-state index contributed by atoms with van der Waals surface area (Å²) in [7, 11) is 0. The molecular weight excluding hydrogens is 238 g/mol. The van der Waals surface area contributed by atoms with Gasteiger partial charge in [-0.25, -0.2) is 15.0 Å². The maximum absolute atomic E-state index is 9.22. The van der Waals surface area contributed by atoms with Crippen molar-refractivity contribution in [3.63, 3.8) is 0 Å². The van der Waals surface area contributed by atoms with Gasteiger partial charge in [0.2, 0.25) is 5.95 Å². The van der Waals surface area contributed by atoms with Crippen LogP contribution in [0, 0.1) is 11.3 Å². The van der Waals surface area contributed by atoms with Crippen LogP contribution in [0.5, 0.6) is 0 Å². The van der Waals surface area contributed by atoms with Crippen molar-refractivity contribution in [2.45, 2.75) is 0 Å². The zero-order valence-corrected chi connectivity index (χ0v) is 9.91. The van der Waals surface area contributed by atoms with Gasteiger partial charge in [0.1, 0.15) is 11.8 Å². The molecule has 2 N–H and O–H groups in total. The number of anilines is 1. The van der Waals surface area contributed by atoms with Crippen LogP contribution in [-0.4, -0.2) is 15.0 Å². The van der Waals surface area contributed by atoms with Gasteiger partial charge in [-0.2, -0.15) is 5.26 Å². The van der Waals surface area contributed by atoms with Gasteiger partial charge in [0.05, 0.1) is 5.52 Å². The normalized spacial score (nSPS) is 10.3. The van der Waals surface area contributed by atoms with E-state index >= 15 is 0 Å². The van der Waals surface area contributed by atoms with Crippen LogP contribution in [0.15, 0.2) is 42.7 Å². The van der Waals surface area contributed by atoms with Crippen molar-refractivity contribution < 1.29 is 0 Å². The standard InChI is InChI=1S/C14H9N5/c15-6-13-11(10-7-17-14(16)18-8-10)5-9-3-1-2-4-12(9)19-13/h1-5,7-8H,(H2,16,17,18). The van der Waals surface area contributed by atoms with E-state index in [1.807, 2.05) is 30.3 Å². The second-order valence-corrected chi connectivity index (χ2v) is 4.02. The summed E-state index contributed by atoms with van der Waals surface area (Å²) in [6, 6.07) is 11.7. The lowest BCUT2D eigenvalue weighted by molar-refractivity contribution is 1.18. The fourth-order valence-electron chi connectivity index (χ4n) is 1.90. The van der Waals surface area contributed by atoms with Crippen molar-refractivity contribution in [1.29, 1.82) is 5.26 Å².